The Morgan fingerprint density at radius 2 is 1.88 bits per heavy atom. The van der Waals surface area contributed by atoms with Crippen LogP contribution in [0.4, 0.5) is 0 Å². The van der Waals surface area contributed by atoms with E-state index in [0.29, 0.717) is 5.92 Å². The van der Waals surface area contributed by atoms with E-state index in [-0.39, 0.29) is 0 Å². The third-order valence-electron chi connectivity index (χ3n) is 3.65. The lowest BCUT2D eigenvalue weighted by Gasteiger charge is -2.25. The molecule has 0 radical (unpaired) electrons. The molecule has 3 heteroatoms. The topological polar surface area (TPSA) is 29.1 Å². The summed E-state index contributed by atoms with van der Waals surface area (Å²) in [6.07, 6.45) is 1.63. The fraction of sp³-hybridized carbons (Fsp3) is 0.571. The average molecular weight is 251 g/mol. The highest BCUT2D eigenvalue weighted by Gasteiger charge is 2.27. The Morgan fingerprint density at radius 3 is 2.41 bits per heavy atom. The van der Waals surface area contributed by atoms with E-state index in [2.05, 4.69) is 44.3 Å². The minimum absolute atomic E-state index is 0.540. The van der Waals surface area contributed by atoms with Crippen LogP contribution >= 0.6 is 7.14 Å². The van der Waals surface area contributed by atoms with E-state index in [1.54, 1.807) is 0 Å². The van der Waals surface area contributed by atoms with Gasteiger partial charge in [0.1, 0.15) is 7.14 Å². The second kappa shape index (κ2) is 4.96. The number of nitrogens with one attached hydrogen (secondary N) is 1. The molecule has 94 valence electrons. The van der Waals surface area contributed by atoms with E-state index in [4.69, 9.17) is 0 Å². The van der Waals surface area contributed by atoms with Gasteiger partial charge in [-0.1, -0.05) is 26.0 Å². The van der Waals surface area contributed by atoms with Crippen molar-refractivity contribution in [1.29, 1.82) is 0 Å². The molecule has 1 heterocycles. The summed E-state index contributed by atoms with van der Waals surface area (Å²) in [5.74, 6) is 0.540. The fourth-order valence-corrected chi connectivity index (χ4v) is 5.13. The molecule has 1 aliphatic rings. The molecule has 0 unspecified atom stereocenters. The van der Waals surface area contributed by atoms with Gasteiger partial charge in [0.15, 0.2) is 0 Å². The Balaban J connectivity index is 2.34. The fourth-order valence-electron chi connectivity index (χ4n) is 2.58. The van der Waals surface area contributed by atoms with Gasteiger partial charge in [-0.25, -0.2) is 0 Å². The number of benzene rings is 1. The molecule has 0 amide bonds. The zero-order valence-electron chi connectivity index (χ0n) is 11.0. The largest absolute Gasteiger partial charge is 0.319 e. The van der Waals surface area contributed by atoms with Crippen molar-refractivity contribution in [3.63, 3.8) is 0 Å². The van der Waals surface area contributed by atoms with Crippen molar-refractivity contribution < 1.29 is 4.57 Å². The molecule has 17 heavy (non-hydrogen) atoms. The Hall–Kier alpha value is -0.590. The summed E-state index contributed by atoms with van der Waals surface area (Å²) in [5, 5.41) is 4.37. The predicted octanol–water partition coefficient (Wildman–Crippen LogP) is 2.71. The van der Waals surface area contributed by atoms with Gasteiger partial charge >= 0.3 is 0 Å². The molecule has 2 rings (SSSR count). The predicted molar refractivity (Wildman–Crippen MR) is 75.1 cm³/mol. The van der Waals surface area contributed by atoms with Crippen molar-refractivity contribution in [3.8, 4) is 0 Å². The maximum atomic E-state index is 12.8. The molecule has 1 aliphatic heterocycles. The Kier molecular flexibility index (Phi) is 3.75. The Morgan fingerprint density at radius 1 is 1.24 bits per heavy atom. The van der Waals surface area contributed by atoms with Crippen LogP contribution in [0.3, 0.4) is 0 Å². The van der Waals surface area contributed by atoms with Crippen molar-refractivity contribution in [1.82, 2.24) is 5.32 Å². The first-order valence-electron chi connectivity index (χ1n) is 6.43. The second-order valence-electron chi connectivity index (χ2n) is 5.28. The van der Waals surface area contributed by atoms with Gasteiger partial charge in [-0.2, -0.15) is 0 Å². The van der Waals surface area contributed by atoms with Crippen LogP contribution in [-0.4, -0.2) is 25.4 Å². The molecule has 1 aromatic rings. The van der Waals surface area contributed by atoms with Gasteiger partial charge in [-0.15, -0.1) is 0 Å². The number of hydrogen-bond acceptors (Lipinski definition) is 2. The molecule has 1 aromatic carbocycles. The third-order valence-corrected chi connectivity index (χ3v) is 6.76. The zero-order valence-corrected chi connectivity index (χ0v) is 11.9. The maximum absolute atomic E-state index is 12.8. The lowest BCUT2D eigenvalue weighted by molar-refractivity contribution is 0.569. The van der Waals surface area contributed by atoms with Crippen molar-refractivity contribution in [2.24, 2.45) is 0 Å². The van der Waals surface area contributed by atoms with Gasteiger partial charge in [-0.3, -0.25) is 0 Å². The van der Waals surface area contributed by atoms with Gasteiger partial charge in [0.25, 0.3) is 0 Å². The van der Waals surface area contributed by atoms with Crippen LogP contribution in [0, 0.1) is 6.92 Å². The highest BCUT2D eigenvalue weighted by Crippen LogP contribution is 2.45. The van der Waals surface area contributed by atoms with Gasteiger partial charge in [0.05, 0.1) is 0 Å². The van der Waals surface area contributed by atoms with E-state index < -0.39 is 7.14 Å². The van der Waals surface area contributed by atoms with Crippen LogP contribution in [0.25, 0.3) is 0 Å². The minimum Gasteiger partial charge on any atom is -0.319 e. The summed E-state index contributed by atoms with van der Waals surface area (Å²) in [6, 6.07) is 6.41. The summed E-state index contributed by atoms with van der Waals surface area (Å²) in [7, 11) is -2.11. The van der Waals surface area contributed by atoms with Crippen LogP contribution in [-0.2, 0) is 4.57 Å². The monoisotopic (exact) mass is 251 g/mol. The standard InChI is InChI=1S/C14H22NOP/c1-11(2)14-5-4-13(10-12(14)3)17(16)8-6-15-7-9-17/h4-5,10-11,15H,6-9H2,1-3H3. The molecule has 1 fully saturated rings. The Bertz CT molecular complexity index is 444. The summed E-state index contributed by atoms with van der Waals surface area (Å²) < 4.78 is 12.8. The Labute approximate surface area is 104 Å². The quantitative estimate of drug-likeness (QED) is 0.819. The molecular formula is C14H22NOP. The first-order valence-corrected chi connectivity index (χ1v) is 8.50. The number of hydrogen-bond donors (Lipinski definition) is 1. The summed E-state index contributed by atoms with van der Waals surface area (Å²) in [5.41, 5.74) is 2.65. The van der Waals surface area contributed by atoms with E-state index in [0.717, 1.165) is 30.7 Å². The zero-order chi connectivity index (χ0) is 12.5. The van der Waals surface area contributed by atoms with E-state index in [1.807, 2.05) is 0 Å². The van der Waals surface area contributed by atoms with E-state index >= 15 is 0 Å². The molecule has 0 saturated carbocycles. The molecule has 0 bridgehead atoms. The van der Waals surface area contributed by atoms with Crippen LogP contribution in [0.1, 0.15) is 30.9 Å². The van der Waals surface area contributed by atoms with Crippen LogP contribution in [0.2, 0.25) is 0 Å². The van der Waals surface area contributed by atoms with Crippen molar-refractivity contribution in [2.45, 2.75) is 26.7 Å². The minimum atomic E-state index is -2.11. The van der Waals surface area contributed by atoms with Crippen LogP contribution in [0.5, 0.6) is 0 Å². The molecular weight excluding hydrogens is 229 g/mol. The molecule has 1 saturated heterocycles. The number of aryl methyl sites for hydroxylation is 1. The first kappa shape index (κ1) is 12.9. The highest BCUT2D eigenvalue weighted by molar-refractivity contribution is 7.71. The highest BCUT2D eigenvalue weighted by atomic mass is 31.2. The summed E-state index contributed by atoms with van der Waals surface area (Å²) >= 11 is 0. The van der Waals surface area contributed by atoms with Crippen molar-refractivity contribution in [3.05, 3.63) is 29.3 Å². The van der Waals surface area contributed by atoms with Crippen LogP contribution < -0.4 is 10.6 Å². The smallest absolute Gasteiger partial charge is 0.118 e. The normalized spacial score (nSPS) is 19.5. The first-order chi connectivity index (χ1) is 8.03. The van der Waals surface area contributed by atoms with Gasteiger partial charge in [-0.05, 0) is 30.0 Å². The molecule has 0 atom stereocenters. The van der Waals surface area contributed by atoms with E-state index in [1.165, 1.54) is 11.1 Å². The summed E-state index contributed by atoms with van der Waals surface area (Å²) in [4.78, 5) is 0. The lowest BCUT2D eigenvalue weighted by atomic mass is 9.98. The van der Waals surface area contributed by atoms with Gasteiger partial charge in [0.2, 0.25) is 0 Å². The molecule has 2 nitrogen and oxygen atoms in total. The molecule has 1 N–H and O–H groups in total. The van der Waals surface area contributed by atoms with Crippen molar-refractivity contribution >= 4 is 12.4 Å². The van der Waals surface area contributed by atoms with Crippen LogP contribution in [0.15, 0.2) is 18.2 Å². The van der Waals surface area contributed by atoms with Gasteiger partial charge < -0.3 is 9.88 Å². The third kappa shape index (κ3) is 2.64. The SMILES string of the molecule is Cc1cc(P2(=O)CCNCC2)ccc1C(C)C. The van der Waals surface area contributed by atoms with Gasteiger partial charge in [0, 0.05) is 30.7 Å². The molecule has 0 aromatic heterocycles. The molecule has 0 spiro atoms. The number of rotatable bonds is 2. The lowest BCUT2D eigenvalue weighted by Crippen LogP contribution is -2.32. The van der Waals surface area contributed by atoms with Crippen molar-refractivity contribution in [2.75, 3.05) is 25.4 Å². The summed E-state index contributed by atoms with van der Waals surface area (Å²) in [6.45, 7) is 8.32. The maximum Gasteiger partial charge on any atom is 0.118 e. The molecule has 0 aliphatic carbocycles. The average Bonchev–Trinajstić information content (AvgIpc) is 2.29. The second-order valence-corrected chi connectivity index (χ2v) is 8.47. The van der Waals surface area contributed by atoms with E-state index in [9.17, 15) is 4.57 Å².